The van der Waals surface area contributed by atoms with Crippen LogP contribution in [0, 0.1) is 0 Å². The molecule has 3 rings (SSSR count). The van der Waals surface area contributed by atoms with Crippen LogP contribution in [0.5, 0.6) is 0 Å². The minimum Gasteiger partial charge on any atom is -0.286 e. The van der Waals surface area contributed by atoms with Crippen LogP contribution in [-0.2, 0) is 0 Å². The van der Waals surface area contributed by atoms with Crippen molar-refractivity contribution in [2.75, 3.05) is 5.32 Å². The average Bonchev–Trinajstić information content (AvgIpc) is 3.10. The summed E-state index contributed by atoms with van der Waals surface area (Å²) >= 11 is 5.82. The number of rotatable bonds is 3. The Labute approximate surface area is 117 Å². The second kappa shape index (κ2) is 5.10. The zero-order valence-corrected chi connectivity index (χ0v) is 10.7. The number of carbonyl (C=O) groups excluding carboxylic acids is 1. The number of H-pyrrole nitrogens is 2. The maximum Gasteiger partial charge on any atom is 0.276 e. The monoisotopic (exact) mass is 289 g/mol. The molecule has 9 heteroatoms. The molecule has 0 atom stereocenters. The van der Waals surface area contributed by atoms with E-state index in [1.165, 1.54) is 0 Å². The number of halogens is 1. The summed E-state index contributed by atoms with van der Waals surface area (Å²) in [6.07, 6.45) is 0. The first kappa shape index (κ1) is 12.3. The first-order valence-electron chi connectivity index (χ1n) is 5.58. The molecule has 0 aliphatic carbocycles. The van der Waals surface area contributed by atoms with Gasteiger partial charge in [0, 0.05) is 10.6 Å². The molecular formula is C11H8ClN7O. The molecule has 0 fully saturated rings. The predicted octanol–water partition coefficient (Wildman–Crippen LogP) is 1.50. The molecule has 0 aliphatic rings. The second-order valence-electron chi connectivity index (χ2n) is 3.86. The molecule has 0 unspecified atom stereocenters. The van der Waals surface area contributed by atoms with Crippen molar-refractivity contribution in [1.29, 1.82) is 0 Å². The molecule has 0 aliphatic heterocycles. The van der Waals surface area contributed by atoms with E-state index in [2.05, 4.69) is 36.1 Å². The number of amides is 1. The largest absolute Gasteiger partial charge is 0.286 e. The Bertz CT molecular complexity index is 720. The summed E-state index contributed by atoms with van der Waals surface area (Å²) in [5, 5.41) is 22.7. The Morgan fingerprint density at radius 3 is 2.70 bits per heavy atom. The molecule has 0 saturated carbocycles. The lowest BCUT2D eigenvalue weighted by atomic mass is 10.1. The standard InChI is InChI=1S/C11H8ClN7O/c12-7-3-1-6(2-4-7)8-5-9(15-14-8)10(20)13-11-16-18-19-17-11/h1-5H,(H,14,15)(H2,13,16,17,18,19,20). The summed E-state index contributed by atoms with van der Waals surface area (Å²) in [4.78, 5) is 11.9. The molecule has 100 valence electrons. The molecule has 3 aromatic rings. The third kappa shape index (κ3) is 2.50. The molecule has 2 heterocycles. The van der Waals surface area contributed by atoms with E-state index in [1.807, 2.05) is 12.1 Å². The van der Waals surface area contributed by atoms with Crippen molar-refractivity contribution in [1.82, 2.24) is 30.8 Å². The van der Waals surface area contributed by atoms with Crippen LogP contribution in [0.15, 0.2) is 30.3 Å². The Morgan fingerprint density at radius 1 is 1.20 bits per heavy atom. The molecule has 2 aromatic heterocycles. The van der Waals surface area contributed by atoms with Gasteiger partial charge in [0.25, 0.3) is 11.9 Å². The minimum atomic E-state index is -0.404. The fraction of sp³-hybridized carbons (Fsp3) is 0. The normalized spacial score (nSPS) is 10.4. The van der Waals surface area contributed by atoms with Crippen LogP contribution in [0.1, 0.15) is 10.5 Å². The first-order chi connectivity index (χ1) is 9.72. The van der Waals surface area contributed by atoms with Gasteiger partial charge in [0.2, 0.25) is 0 Å². The maximum absolute atomic E-state index is 11.9. The minimum absolute atomic E-state index is 0.0950. The Hall–Kier alpha value is -2.74. The number of benzene rings is 1. The van der Waals surface area contributed by atoms with Gasteiger partial charge in [-0.25, -0.2) is 0 Å². The summed E-state index contributed by atoms with van der Waals surface area (Å²) in [6, 6.07) is 8.77. The van der Waals surface area contributed by atoms with E-state index in [0.717, 1.165) is 5.56 Å². The van der Waals surface area contributed by atoms with Crippen LogP contribution in [0.4, 0.5) is 5.95 Å². The van der Waals surface area contributed by atoms with E-state index in [9.17, 15) is 4.79 Å². The van der Waals surface area contributed by atoms with Crippen LogP contribution in [-0.4, -0.2) is 36.7 Å². The zero-order chi connectivity index (χ0) is 13.9. The molecule has 1 amide bonds. The molecular weight excluding hydrogens is 282 g/mol. The van der Waals surface area contributed by atoms with Crippen molar-refractivity contribution in [3.63, 3.8) is 0 Å². The number of aromatic nitrogens is 6. The predicted molar refractivity (Wildman–Crippen MR) is 71.2 cm³/mol. The highest BCUT2D eigenvalue weighted by Gasteiger charge is 2.12. The third-order valence-electron chi connectivity index (χ3n) is 2.53. The van der Waals surface area contributed by atoms with Gasteiger partial charge in [-0.1, -0.05) is 28.8 Å². The SMILES string of the molecule is O=C(Nc1nn[nH]n1)c1cc(-c2ccc(Cl)cc2)n[nH]1. The van der Waals surface area contributed by atoms with Crippen molar-refractivity contribution < 1.29 is 4.79 Å². The van der Waals surface area contributed by atoms with Crippen molar-refractivity contribution in [2.45, 2.75) is 0 Å². The van der Waals surface area contributed by atoms with E-state index in [4.69, 9.17) is 11.6 Å². The Balaban J connectivity index is 1.79. The van der Waals surface area contributed by atoms with Crippen molar-refractivity contribution in [3.05, 3.63) is 41.0 Å². The first-order valence-corrected chi connectivity index (χ1v) is 5.96. The van der Waals surface area contributed by atoms with E-state index in [0.29, 0.717) is 16.4 Å². The smallest absolute Gasteiger partial charge is 0.276 e. The molecule has 1 aromatic carbocycles. The number of hydrogen-bond donors (Lipinski definition) is 3. The third-order valence-corrected chi connectivity index (χ3v) is 2.79. The summed E-state index contributed by atoms with van der Waals surface area (Å²) in [5.74, 6) is -0.309. The summed E-state index contributed by atoms with van der Waals surface area (Å²) < 4.78 is 0. The number of nitrogens with zero attached hydrogens (tertiary/aromatic N) is 4. The molecule has 0 spiro atoms. The molecule has 20 heavy (non-hydrogen) atoms. The van der Waals surface area contributed by atoms with Gasteiger partial charge in [-0.3, -0.25) is 15.2 Å². The molecule has 0 radical (unpaired) electrons. The Kier molecular flexibility index (Phi) is 3.13. The van der Waals surface area contributed by atoms with Crippen LogP contribution < -0.4 is 5.32 Å². The van der Waals surface area contributed by atoms with Crippen molar-refractivity contribution in [3.8, 4) is 11.3 Å². The number of tetrazole rings is 1. The zero-order valence-electron chi connectivity index (χ0n) is 9.96. The topological polar surface area (TPSA) is 112 Å². The lowest BCUT2D eigenvalue weighted by molar-refractivity contribution is 0.102. The van der Waals surface area contributed by atoms with Crippen LogP contribution in [0.3, 0.4) is 0 Å². The summed E-state index contributed by atoms with van der Waals surface area (Å²) in [6.45, 7) is 0. The fourth-order valence-corrected chi connectivity index (χ4v) is 1.72. The van der Waals surface area contributed by atoms with E-state index in [1.54, 1.807) is 18.2 Å². The highest BCUT2D eigenvalue weighted by atomic mass is 35.5. The van der Waals surface area contributed by atoms with Crippen LogP contribution >= 0.6 is 11.6 Å². The van der Waals surface area contributed by atoms with Crippen molar-refractivity contribution >= 4 is 23.5 Å². The molecule has 3 N–H and O–H groups in total. The number of aromatic amines is 2. The lowest BCUT2D eigenvalue weighted by Crippen LogP contribution is -2.13. The van der Waals surface area contributed by atoms with Gasteiger partial charge in [-0.15, -0.1) is 5.10 Å². The fourth-order valence-electron chi connectivity index (χ4n) is 1.59. The van der Waals surface area contributed by atoms with Crippen LogP contribution in [0.25, 0.3) is 11.3 Å². The highest BCUT2D eigenvalue weighted by molar-refractivity contribution is 6.30. The van der Waals surface area contributed by atoms with Gasteiger partial charge in [0.15, 0.2) is 0 Å². The summed E-state index contributed by atoms with van der Waals surface area (Å²) in [7, 11) is 0. The van der Waals surface area contributed by atoms with Gasteiger partial charge in [0.1, 0.15) is 5.69 Å². The van der Waals surface area contributed by atoms with E-state index < -0.39 is 5.91 Å². The second-order valence-corrected chi connectivity index (χ2v) is 4.30. The van der Waals surface area contributed by atoms with Gasteiger partial charge in [-0.2, -0.15) is 10.3 Å². The average molecular weight is 290 g/mol. The van der Waals surface area contributed by atoms with Crippen LogP contribution in [0.2, 0.25) is 5.02 Å². The molecule has 0 bridgehead atoms. The number of nitrogens with one attached hydrogen (secondary N) is 3. The maximum atomic E-state index is 11.9. The van der Waals surface area contributed by atoms with Gasteiger partial charge in [0.05, 0.1) is 5.69 Å². The molecule has 8 nitrogen and oxygen atoms in total. The van der Waals surface area contributed by atoms with Gasteiger partial charge < -0.3 is 0 Å². The lowest BCUT2D eigenvalue weighted by Gasteiger charge is -1.96. The number of carbonyl (C=O) groups is 1. The Morgan fingerprint density at radius 2 is 2.00 bits per heavy atom. The quantitative estimate of drug-likeness (QED) is 0.676. The van der Waals surface area contributed by atoms with Crippen molar-refractivity contribution in [2.24, 2.45) is 0 Å². The van der Waals surface area contributed by atoms with E-state index in [-0.39, 0.29) is 5.95 Å². The summed E-state index contributed by atoms with van der Waals surface area (Å²) in [5.41, 5.74) is 1.78. The number of anilines is 1. The number of hydrogen-bond acceptors (Lipinski definition) is 5. The van der Waals surface area contributed by atoms with E-state index >= 15 is 0 Å². The van der Waals surface area contributed by atoms with Gasteiger partial charge >= 0.3 is 0 Å². The highest BCUT2D eigenvalue weighted by Crippen LogP contribution is 2.20. The molecule has 0 saturated heterocycles. The van der Waals surface area contributed by atoms with Gasteiger partial charge in [-0.05, 0) is 23.4 Å².